The Hall–Kier alpha value is -0.960. The second-order valence-corrected chi connectivity index (χ2v) is 5.07. The number of nitrogens with one attached hydrogen (secondary N) is 1. The van der Waals surface area contributed by atoms with Gasteiger partial charge in [-0.1, -0.05) is 49.0 Å². The fraction of sp³-hybridized carbons (Fsp3) is 0.364. The van der Waals surface area contributed by atoms with Gasteiger partial charge in [-0.2, -0.15) is 5.10 Å². The Kier molecular flexibility index (Phi) is 2.50. The molecule has 74 valence electrons. The molecule has 0 aliphatic carbocycles. The summed E-state index contributed by atoms with van der Waals surface area (Å²) in [4.78, 5) is 0.0746. The van der Waals surface area contributed by atoms with Crippen molar-refractivity contribution in [3.05, 3.63) is 35.9 Å². The van der Waals surface area contributed by atoms with E-state index >= 15 is 0 Å². The largest absolute Gasteiger partial charge is 0.293 e. The number of hydrogen-bond acceptors (Lipinski definition) is 3. The standard InChI is InChI=1S/C11H14N2S/c1-3-11(2)13-12-10(14-11)9-7-5-4-6-8-9/h4-8,13H,3H2,1-2H3. The number of hydrazone groups is 1. The van der Waals surface area contributed by atoms with Crippen LogP contribution in [0.1, 0.15) is 25.8 Å². The molecule has 0 radical (unpaired) electrons. The van der Waals surface area contributed by atoms with Crippen molar-refractivity contribution in [2.24, 2.45) is 5.10 Å². The molecule has 1 unspecified atom stereocenters. The summed E-state index contributed by atoms with van der Waals surface area (Å²) in [5.41, 5.74) is 4.38. The van der Waals surface area contributed by atoms with Gasteiger partial charge in [0.2, 0.25) is 0 Å². The zero-order chi connectivity index (χ0) is 10.0. The highest BCUT2D eigenvalue weighted by Gasteiger charge is 2.30. The normalized spacial score (nSPS) is 25.7. The minimum atomic E-state index is 0.0746. The molecule has 0 amide bonds. The van der Waals surface area contributed by atoms with Gasteiger partial charge < -0.3 is 0 Å². The van der Waals surface area contributed by atoms with E-state index in [2.05, 4.69) is 36.5 Å². The quantitative estimate of drug-likeness (QED) is 0.804. The molecule has 1 heterocycles. The average Bonchev–Trinajstić information content (AvgIpc) is 2.63. The Morgan fingerprint density at radius 2 is 2.07 bits per heavy atom. The van der Waals surface area contributed by atoms with Crippen LogP contribution in [0.25, 0.3) is 0 Å². The van der Waals surface area contributed by atoms with Gasteiger partial charge >= 0.3 is 0 Å². The molecule has 1 N–H and O–H groups in total. The summed E-state index contributed by atoms with van der Waals surface area (Å²) in [7, 11) is 0. The number of rotatable bonds is 2. The van der Waals surface area contributed by atoms with Crippen LogP contribution >= 0.6 is 11.8 Å². The van der Waals surface area contributed by atoms with E-state index in [0.717, 1.165) is 11.5 Å². The lowest BCUT2D eigenvalue weighted by atomic mass is 10.2. The van der Waals surface area contributed by atoms with Crippen molar-refractivity contribution in [3.63, 3.8) is 0 Å². The van der Waals surface area contributed by atoms with Gasteiger partial charge in [-0.05, 0) is 13.3 Å². The first-order chi connectivity index (χ1) is 6.73. The van der Waals surface area contributed by atoms with Crippen molar-refractivity contribution in [3.8, 4) is 0 Å². The van der Waals surface area contributed by atoms with Crippen molar-refractivity contribution in [1.82, 2.24) is 5.43 Å². The lowest BCUT2D eigenvalue weighted by Crippen LogP contribution is -2.30. The van der Waals surface area contributed by atoms with Gasteiger partial charge in [0.1, 0.15) is 9.91 Å². The lowest BCUT2D eigenvalue weighted by Gasteiger charge is -2.19. The zero-order valence-corrected chi connectivity index (χ0v) is 9.27. The van der Waals surface area contributed by atoms with E-state index in [1.165, 1.54) is 5.56 Å². The molecule has 2 rings (SSSR count). The lowest BCUT2D eigenvalue weighted by molar-refractivity contribution is 0.519. The minimum Gasteiger partial charge on any atom is -0.293 e. The van der Waals surface area contributed by atoms with E-state index in [0.29, 0.717) is 0 Å². The summed E-state index contributed by atoms with van der Waals surface area (Å²) < 4.78 is 0. The van der Waals surface area contributed by atoms with Crippen molar-refractivity contribution in [2.75, 3.05) is 0 Å². The monoisotopic (exact) mass is 206 g/mol. The van der Waals surface area contributed by atoms with Crippen LogP contribution in [0, 0.1) is 0 Å². The predicted octanol–water partition coefficient (Wildman–Crippen LogP) is 2.81. The van der Waals surface area contributed by atoms with Crippen molar-refractivity contribution in [2.45, 2.75) is 25.1 Å². The molecule has 0 saturated carbocycles. The fourth-order valence-electron chi connectivity index (χ4n) is 1.28. The first kappa shape index (κ1) is 9.59. The third-order valence-corrected chi connectivity index (χ3v) is 3.76. The second kappa shape index (κ2) is 3.65. The van der Waals surface area contributed by atoms with Gasteiger partial charge in [-0.25, -0.2) is 0 Å². The molecule has 0 bridgehead atoms. The van der Waals surface area contributed by atoms with Crippen molar-refractivity contribution >= 4 is 16.8 Å². The Labute approximate surface area is 88.8 Å². The van der Waals surface area contributed by atoms with Gasteiger partial charge in [-0.3, -0.25) is 5.43 Å². The maximum atomic E-state index is 4.36. The maximum absolute atomic E-state index is 4.36. The Morgan fingerprint density at radius 1 is 1.36 bits per heavy atom. The van der Waals surface area contributed by atoms with E-state index in [1.54, 1.807) is 11.8 Å². The molecule has 0 spiro atoms. The van der Waals surface area contributed by atoms with Gasteiger partial charge in [0, 0.05) is 5.56 Å². The summed E-state index contributed by atoms with van der Waals surface area (Å²) in [6.45, 7) is 4.35. The Balaban J connectivity index is 2.17. The maximum Gasteiger partial charge on any atom is 0.126 e. The van der Waals surface area contributed by atoms with Crippen LogP contribution in [-0.4, -0.2) is 9.91 Å². The number of thioether (sulfide) groups is 1. The van der Waals surface area contributed by atoms with Crippen LogP contribution in [0.5, 0.6) is 0 Å². The molecule has 0 fully saturated rings. The number of nitrogens with zero attached hydrogens (tertiary/aromatic N) is 1. The second-order valence-electron chi connectivity index (χ2n) is 3.58. The summed E-state index contributed by atoms with van der Waals surface area (Å²) in [6, 6.07) is 10.3. The van der Waals surface area contributed by atoms with Crippen molar-refractivity contribution in [1.29, 1.82) is 0 Å². The molecule has 2 nitrogen and oxygen atoms in total. The van der Waals surface area contributed by atoms with Crippen LogP contribution in [0.4, 0.5) is 0 Å². The fourth-order valence-corrected chi connectivity index (χ4v) is 2.29. The predicted molar refractivity (Wildman–Crippen MR) is 62.4 cm³/mol. The number of hydrogen-bond donors (Lipinski definition) is 1. The van der Waals surface area contributed by atoms with E-state index < -0.39 is 0 Å². The van der Waals surface area contributed by atoms with Gasteiger partial charge in [0.25, 0.3) is 0 Å². The highest BCUT2D eigenvalue weighted by molar-refractivity contribution is 8.15. The van der Waals surface area contributed by atoms with Crippen LogP contribution in [0.2, 0.25) is 0 Å². The van der Waals surface area contributed by atoms with Gasteiger partial charge in [0.15, 0.2) is 0 Å². The average molecular weight is 206 g/mol. The highest BCUT2D eigenvalue weighted by Crippen LogP contribution is 2.33. The van der Waals surface area contributed by atoms with Crippen LogP contribution in [0.15, 0.2) is 35.4 Å². The molecular formula is C11H14N2S. The first-order valence-corrected chi connectivity index (χ1v) is 5.64. The van der Waals surface area contributed by atoms with E-state index in [1.807, 2.05) is 18.2 Å². The molecule has 3 heteroatoms. The smallest absolute Gasteiger partial charge is 0.126 e. The SMILES string of the molecule is CCC1(C)NN=C(c2ccccc2)S1. The third-order valence-electron chi connectivity index (χ3n) is 2.41. The van der Waals surface area contributed by atoms with Gasteiger partial charge in [0.05, 0.1) is 0 Å². The molecule has 0 aromatic heterocycles. The van der Waals surface area contributed by atoms with E-state index in [4.69, 9.17) is 0 Å². The summed E-state index contributed by atoms with van der Waals surface area (Å²) in [6.07, 6.45) is 1.07. The van der Waals surface area contributed by atoms with Crippen LogP contribution in [0.3, 0.4) is 0 Å². The summed E-state index contributed by atoms with van der Waals surface area (Å²) in [5.74, 6) is 0. The molecule has 1 aromatic rings. The Bertz CT molecular complexity index is 348. The first-order valence-electron chi connectivity index (χ1n) is 4.83. The number of benzene rings is 1. The molecular weight excluding hydrogens is 192 g/mol. The molecule has 1 atom stereocenters. The van der Waals surface area contributed by atoms with E-state index in [-0.39, 0.29) is 4.87 Å². The Morgan fingerprint density at radius 3 is 2.64 bits per heavy atom. The zero-order valence-electron chi connectivity index (χ0n) is 8.45. The minimum absolute atomic E-state index is 0.0746. The van der Waals surface area contributed by atoms with E-state index in [9.17, 15) is 0 Å². The molecule has 14 heavy (non-hydrogen) atoms. The topological polar surface area (TPSA) is 24.4 Å². The summed E-state index contributed by atoms with van der Waals surface area (Å²) >= 11 is 1.80. The summed E-state index contributed by atoms with van der Waals surface area (Å²) in [5, 5.41) is 5.45. The molecule has 0 saturated heterocycles. The van der Waals surface area contributed by atoms with Gasteiger partial charge in [-0.15, -0.1) is 0 Å². The molecule has 1 aromatic carbocycles. The molecule has 1 aliphatic heterocycles. The molecule has 1 aliphatic rings. The van der Waals surface area contributed by atoms with Crippen LogP contribution < -0.4 is 5.43 Å². The van der Waals surface area contributed by atoms with Crippen molar-refractivity contribution < 1.29 is 0 Å². The third kappa shape index (κ3) is 1.77. The highest BCUT2D eigenvalue weighted by atomic mass is 32.2. The van der Waals surface area contributed by atoms with Crippen LogP contribution in [-0.2, 0) is 0 Å².